The first kappa shape index (κ1) is 20.7. The van der Waals surface area contributed by atoms with Gasteiger partial charge < -0.3 is 19.5 Å². The van der Waals surface area contributed by atoms with E-state index in [2.05, 4.69) is 15.5 Å². The van der Waals surface area contributed by atoms with Crippen molar-refractivity contribution in [1.82, 2.24) is 14.8 Å². The van der Waals surface area contributed by atoms with Crippen LogP contribution in [-0.2, 0) is 11.8 Å². The number of hydrogen-bond donors (Lipinski definition) is 1. The number of aromatic nitrogens is 3. The lowest BCUT2D eigenvalue weighted by Crippen LogP contribution is -2.14. The molecule has 0 aliphatic heterocycles. The van der Waals surface area contributed by atoms with E-state index in [1.54, 1.807) is 0 Å². The molecule has 2 aromatic carbocycles. The van der Waals surface area contributed by atoms with Gasteiger partial charge in [-0.2, -0.15) is 0 Å². The molecule has 3 rings (SSSR count). The van der Waals surface area contributed by atoms with Crippen molar-refractivity contribution in [3.05, 3.63) is 48.5 Å². The van der Waals surface area contributed by atoms with Gasteiger partial charge in [-0.05, 0) is 55.5 Å². The molecule has 0 aliphatic carbocycles. The zero-order valence-corrected chi connectivity index (χ0v) is 17.9. The number of rotatable bonds is 8. The average Bonchev–Trinajstić information content (AvgIpc) is 3.08. The first-order valence-electron chi connectivity index (χ1n) is 9.30. The molecule has 0 saturated carbocycles. The number of nitrogens with zero attached hydrogens (tertiary/aromatic N) is 4. The number of thioether (sulfide) groups is 1. The van der Waals surface area contributed by atoms with Crippen LogP contribution < -0.4 is 15.0 Å². The van der Waals surface area contributed by atoms with Gasteiger partial charge in [0.1, 0.15) is 5.75 Å². The summed E-state index contributed by atoms with van der Waals surface area (Å²) in [6.07, 6.45) is 0. The zero-order valence-electron chi connectivity index (χ0n) is 17.0. The van der Waals surface area contributed by atoms with Crippen molar-refractivity contribution in [1.29, 1.82) is 0 Å². The SMILES string of the molecule is CCOc1ccc(NC(=O)CSc2nnc(-c3ccc(N(C)C)cc3)n2C)cc1. The summed E-state index contributed by atoms with van der Waals surface area (Å²) in [6.45, 7) is 2.55. The van der Waals surface area contributed by atoms with E-state index in [9.17, 15) is 4.79 Å². The minimum Gasteiger partial charge on any atom is -0.494 e. The Morgan fingerprint density at radius 2 is 1.79 bits per heavy atom. The van der Waals surface area contributed by atoms with Crippen molar-refractivity contribution in [3.63, 3.8) is 0 Å². The van der Waals surface area contributed by atoms with Crippen LogP contribution in [0.15, 0.2) is 53.7 Å². The molecular weight excluding hydrogens is 386 g/mol. The predicted molar refractivity (Wildman–Crippen MR) is 118 cm³/mol. The highest BCUT2D eigenvalue weighted by Gasteiger charge is 2.13. The number of ether oxygens (including phenoxy) is 1. The van der Waals surface area contributed by atoms with Crippen molar-refractivity contribution < 1.29 is 9.53 Å². The highest BCUT2D eigenvalue weighted by Crippen LogP contribution is 2.24. The maximum Gasteiger partial charge on any atom is 0.234 e. The molecule has 0 fully saturated rings. The Hall–Kier alpha value is -3.00. The number of nitrogens with one attached hydrogen (secondary N) is 1. The molecule has 0 radical (unpaired) electrons. The lowest BCUT2D eigenvalue weighted by Gasteiger charge is -2.12. The molecular formula is C21H25N5O2S. The van der Waals surface area contributed by atoms with Gasteiger partial charge in [0.2, 0.25) is 5.91 Å². The molecule has 0 bridgehead atoms. The summed E-state index contributed by atoms with van der Waals surface area (Å²) in [5.74, 6) is 1.70. The fraction of sp³-hybridized carbons (Fsp3) is 0.286. The van der Waals surface area contributed by atoms with Gasteiger partial charge in [0.05, 0.1) is 12.4 Å². The van der Waals surface area contributed by atoms with Gasteiger partial charge >= 0.3 is 0 Å². The number of carbonyl (C=O) groups is 1. The van der Waals surface area contributed by atoms with Crippen LogP contribution in [0.5, 0.6) is 5.75 Å². The largest absolute Gasteiger partial charge is 0.494 e. The second kappa shape index (κ2) is 9.47. The van der Waals surface area contributed by atoms with Gasteiger partial charge in [-0.25, -0.2) is 0 Å². The van der Waals surface area contributed by atoms with Crippen LogP contribution in [-0.4, -0.2) is 47.1 Å². The highest BCUT2D eigenvalue weighted by molar-refractivity contribution is 7.99. The fourth-order valence-electron chi connectivity index (χ4n) is 2.73. The summed E-state index contributed by atoms with van der Waals surface area (Å²) in [5.41, 5.74) is 2.84. The third-order valence-corrected chi connectivity index (χ3v) is 5.28. The molecule has 1 amide bonds. The summed E-state index contributed by atoms with van der Waals surface area (Å²) in [7, 11) is 5.91. The Morgan fingerprint density at radius 1 is 1.10 bits per heavy atom. The average molecular weight is 412 g/mol. The quantitative estimate of drug-likeness (QED) is 0.570. The predicted octanol–water partition coefficient (Wildman–Crippen LogP) is 3.68. The highest BCUT2D eigenvalue weighted by atomic mass is 32.2. The molecule has 0 unspecified atom stereocenters. The molecule has 7 nitrogen and oxygen atoms in total. The molecule has 1 aromatic heterocycles. The number of anilines is 2. The Balaban J connectivity index is 1.59. The van der Waals surface area contributed by atoms with Gasteiger partial charge in [-0.3, -0.25) is 4.79 Å². The van der Waals surface area contributed by atoms with Crippen LogP contribution >= 0.6 is 11.8 Å². The van der Waals surface area contributed by atoms with Gasteiger partial charge in [0, 0.05) is 38.1 Å². The van der Waals surface area contributed by atoms with E-state index in [0.29, 0.717) is 11.8 Å². The lowest BCUT2D eigenvalue weighted by molar-refractivity contribution is -0.113. The lowest BCUT2D eigenvalue weighted by atomic mass is 10.2. The Morgan fingerprint density at radius 3 is 2.41 bits per heavy atom. The summed E-state index contributed by atoms with van der Waals surface area (Å²) in [6, 6.07) is 15.4. The summed E-state index contributed by atoms with van der Waals surface area (Å²) in [5, 5.41) is 12.1. The van der Waals surface area contributed by atoms with E-state index in [4.69, 9.17) is 4.74 Å². The topological polar surface area (TPSA) is 72.3 Å². The number of amides is 1. The molecule has 0 saturated heterocycles. The fourth-order valence-corrected chi connectivity index (χ4v) is 3.44. The summed E-state index contributed by atoms with van der Waals surface area (Å²) in [4.78, 5) is 14.3. The van der Waals surface area contributed by atoms with Gasteiger partial charge in [0.15, 0.2) is 11.0 Å². The normalized spacial score (nSPS) is 10.6. The maximum atomic E-state index is 12.3. The Kier molecular flexibility index (Phi) is 6.77. The first-order valence-corrected chi connectivity index (χ1v) is 10.3. The van der Waals surface area contributed by atoms with Crippen LogP contribution in [0.1, 0.15) is 6.92 Å². The monoisotopic (exact) mass is 411 g/mol. The summed E-state index contributed by atoms with van der Waals surface area (Å²) >= 11 is 1.35. The standard InChI is InChI=1S/C21H25N5O2S/c1-5-28-18-12-8-16(9-13-18)22-19(27)14-29-21-24-23-20(26(21)4)15-6-10-17(11-7-15)25(2)3/h6-13H,5,14H2,1-4H3,(H,22,27). The molecule has 29 heavy (non-hydrogen) atoms. The molecule has 0 spiro atoms. The summed E-state index contributed by atoms with van der Waals surface area (Å²) < 4.78 is 7.31. The van der Waals surface area contributed by atoms with Crippen molar-refractivity contribution in [2.75, 3.05) is 36.7 Å². The number of carbonyl (C=O) groups excluding carboxylic acids is 1. The van der Waals surface area contributed by atoms with Crippen LogP contribution in [0, 0.1) is 0 Å². The van der Waals surface area contributed by atoms with Gasteiger partial charge in [0.25, 0.3) is 0 Å². The third-order valence-electron chi connectivity index (χ3n) is 4.26. The molecule has 0 aliphatic rings. The zero-order chi connectivity index (χ0) is 20.8. The smallest absolute Gasteiger partial charge is 0.234 e. The minimum atomic E-state index is -0.0981. The molecule has 1 heterocycles. The van der Waals surface area contributed by atoms with Gasteiger partial charge in [-0.1, -0.05) is 11.8 Å². The molecule has 8 heteroatoms. The van der Waals surface area contributed by atoms with Crippen LogP contribution in [0.2, 0.25) is 0 Å². The van der Waals surface area contributed by atoms with E-state index < -0.39 is 0 Å². The van der Waals surface area contributed by atoms with Crippen LogP contribution in [0.3, 0.4) is 0 Å². The number of hydrogen-bond acceptors (Lipinski definition) is 6. The first-order chi connectivity index (χ1) is 14.0. The van der Waals surface area contributed by atoms with E-state index in [-0.39, 0.29) is 11.7 Å². The van der Waals surface area contributed by atoms with E-state index in [1.165, 1.54) is 11.8 Å². The van der Waals surface area contributed by atoms with Gasteiger partial charge in [-0.15, -0.1) is 10.2 Å². The second-order valence-corrected chi connectivity index (χ2v) is 7.54. The van der Waals surface area contributed by atoms with Crippen LogP contribution in [0.4, 0.5) is 11.4 Å². The minimum absolute atomic E-state index is 0.0981. The molecule has 152 valence electrons. The van der Waals surface area contributed by atoms with E-state index in [0.717, 1.165) is 28.5 Å². The third kappa shape index (κ3) is 5.29. The van der Waals surface area contributed by atoms with Crippen molar-refractivity contribution in [2.24, 2.45) is 7.05 Å². The van der Waals surface area contributed by atoms with Crippen LogP contribution in [0.25, 0.3) is 11.4 Å². The van der Waals surface area contributed by atoms with E-state index >= 15 is 0 Å². The Bertz CT molecular complexity index is 952. The maximum absolute atomic E-state index is 12.3. The van der Waals surface area contributed by atoms with E-state index in [1.807, 2.05) is 86.1 Å². The second-order valence-electron chi connectivity index (χ2n) is 6.60. The molecule has 0 atom stereocenters. The molecule has 3 aromatic rings. The molecule has 1 N–H and O–H groups in total. The Labute approximate surface area is 175 Å². The van der Waals surface area contributed by atoms with Crippen molar-refractivity contribution in [2.45, 2.75) is 12.1 Å². The number of benzene rings is 2. The van der Waals surface area contributed by atoms with Crippen molar-refractivity contribution in [3.8, 4) is 17.1 Å². The van der Waals surface area contributed by atoms with Crippen molar-refractivity contribution >= 4 is 29.0 Å².